The fourth-order valence-corrected chi connectivity index (χ4v) is 2.73. The molecule has 5 heteroatoms. The molecule has 0 spiro atoms. The van der Waals surface area contributed by atoms with Crippen molar-refractivity contribution < 1.29 is 4.79 Å². The number of amides is 1. The summed E-state index contributed by atoms with van der Waals surface area (Å²) < 4.78 is 0. The predicted molar refractivity (Wildman–Crippen MR) is 70.7 cm³/mol. The Morgan fingerprint density at radius 1 is 1.50 bits per heavy atom. The van der Waals surface area contributed by atoms with Crippen molar-refractivity contribution in [2.45, 2.75) is 39.2 Å². The van der Waals surface area contributed by atoms with Crippen LogP contribution in [-0.4, -0.2) is 47.2 Å². The number of aromatic nitrogens is 2. The van der Waals surface area contributed by atoms with Crippen LogP contribution in [-0.2, 0) is 0 Å². The molecule has 1 aliphatic heterocycles. The van der Waals surface area contributed by atoms with E-state index in [4.69, 9.17) is 0 Å². The van der Waals surface area contributed by atoms with Crippen molar-refractivity contribution >= 4 is 5.91 Å². The average molecular weight is 250 g/mol. The van der Waals surface area contributed by atoms with Gasteiger partial charge in [0.05, 0.1) is 11.3 Å². The van der Waals surface area contributed by atoms with Crippen LogP contribution in [0, 0.1) is 13.8 Å². The van der Waals surface area contributed by atoms with Gasteiger partial charge < -0.3 is 10.2 Å². The van der Waals surface area contributed by atoms with Crippen LogP contribution >= 0.6 is 0 Å². The van der Waals surface area contributed by atoms with Gasteiger partial charge >= 0.3 is 0 Å². The molecule has 0 aliphatic carbocycles. The van der Waals surface area contributed by atoms with E-state index in [9.17, 15) is 4.79 Å². The highest BCUT2D eigenvalue weighted by molar-refractivity contribution is 5.96. The second-order valence-corrected chi connectivity index (χ2v) is 5.01. The first-order chi connectivity index (χ1) is 8.65. The molecule has 1 amide bonds. The number of nitrogens with one attached hydrogen (secondary N) is 2. The van der Waals surface area contributed by atoms with Crippen LogP contribution in [0.3, 0.4) is 0 Å². The second kappa shape index (κ2) is 5.52. The Balaban J connectivity index is 2.21. The van der Waals surface area contributed by atoms with Crippen LogP contribution < -0.4 is 5.32 Å². The summed E-state index contributed by atoms with van der Waals surface area (Å²) in [6, 6.07) is 0.310. The van der Waals surface area contributed by atoms with Crippen LogP contribution in [0.25, 0.3) is 0 Å². The second-order valence-electron chi connectivity index (χ2n) is 5.01. The molecule has 1 atom stereocenters. The molecule has 5 nitrogen and oxygen atoms in total. The van der Waals surface area contributed by atoms with Crippen molar-refractivity contribution in [2.24, 2.45) is 0 Å². The Hall–Kier alpha value is -1.36. The summed E-state index contributed by atoms with van der Waals surface area (Å²) in [6.07, 6.45) is 3.39. The van der Waals surface area contributed by atoms with Crippen molar-refractivity contribution in [1.29, 1.82) is 0 Å². The quantitative estimate of drug-likeness (QED) is 0.848. The molecule has 18 heavy (non-hydrogen) atoms. The maximum Gasteiger partial charge on any atom is 0.257 e. The predicted octanol–water partition coefficient (Wildman–Crippen LogP) is 1.24. The third-order valence-electron chi connectivity index (χ3n) is 3.67. The Morgan fingerprint density at radius 3 is 2.89 bits per heavy atom. The minimum atomic E-state index is 0.124. The number of hydrogen-bond donors (Lipinski definition) is 2. The molecule has 1 fully saturated rings. The average Bonchev–Trinajstić information content (AvgIpc) is 2.69. The van der Waals surface area contributed by atoms with Gasteiger partial charge in [-0.15, -0.1) is 0 Å². The molecular weight excluding hydrogens is 228 g/mol. The molecule has 1 aromatic heterocycles. The smallest absolute Gasteiger partial charge is 0.257 e. The summed E-state index contributed by atoms with van der Waals surface area (Å²) in [5, 5.41) is 10.2. The highest BCUT2D eigenvalue weighted by Gasteiger charge is 2.29. The first-order valence-electron chi connectivity index (χ1n) is 6.62. The highest BCUT2D eigenvalue weighted by Crippen LogP contribution is 2.21. The Kier molecular flexibility index (Phi) is 4.01. The van der Waals surface area contributed by atoms with E-state index in [1.165, 1.54) is 6.42 Å². The first kappa shape index (κ1) is 13.1. The third-order valence-corrected chi connectivity index (χ3v) is 3.67. The van der Waals surface area contributed by atoms with E-state index in [0.717, 1.165) is 42.9 Å². The van der Waals surface area contributed by atoms with E-state index in [-0.39, 0.29) is 5.91 Å². The number of carbonyl (C=O) groups excluding carboxylic acids is 1. The van der Waals surface area contributed by atoms with E-state index in [1.807, 2.05) is 25.8 Å². The summed E-state index contributed by atoms with van der Waals surface area (Å²) >= 11 is 0. The highest BCUT2D eigenvalue weighted by atomic mass is 16.2. The molecular formula is C13H22N4O. The molecule has 0 radical (unpaired) electrons. The summed E-state index contributed by atoms with van der Waals surface area (Å²) in [6.45, 7) is 5.51. The maximum atomic E-state index is 12.6. The van der Waals surface area contributed by atoms with Crippen molar-refractivity contribution in [3.63, 3.8) is 0 Å². The fourth-order valence-electron chi connectivity index (χ4n) is 2.73. The number of nitrogens with zero attached hydrogens (tertiary/aromatic N) is 2. The molecule has 0 saturated carbocycles. The fraction of sp³-hybridized carbons (Fsp3) is 0.692. The number of piperidine rings is 1. The van der Waals surface area contributed by atoms with Gasteiger partial charge in [0.15, 0.2) is 0 Å². The van der Waals surface area contributed by atoms with Crippen molar-refractivity contribution in [3.8, 4) is 0 Å². The van der Waals surface area contributed by atoms with Crippen LogP contribution in [0.15, 0.2) is 0 Å². The Labute approximate surface area is 108 Å². The normalized spacial score (nSPS) is 20.2. The number of aromatic amines is 1. The lowest BCUT2D eigenvalue weighted by molar-refractivity contribution is 0.0613. The zero-order valence-corrected chi connectivity index (χ0v) is 11.4. The number of carbonyl (C=O) groups is 1. The van der Waals surface area contributed by atoms with E-state index in [2.05, 4.69) is 15.5 Å². The summed E-state index contributed by atoms with van der Waals surface area (Å²) in [4.78, 5) is 14.6. The molecule has 1 aromatic rings. The molecule has 2 N–H and O–H groups in total. The van der Waals surface area contributed by atoms with Crippen LogP contribution in [0.1, 0.15) is 41.0 Å². The van der Waals surface area contributed by atoms with E-state index < -0.39 is 0 Å². The topological polar surface area (TPSA) is 61.0 Å². The van der Waals surface area contributed by atoms with Gasteiger partial charge in [-0.3, -0.25) is 9.89 Å². The largest absolute Gasteiger partial charge is 0.334 e. The molecule has 1 unspecified atom stereocenters. The lowest BCUT2D eigenvalue weighted by atomic mass is 10.0. The van der Waals surface area contributed by atoms with Crippen molar-refractivity contribution in [1.82, 2.24) is 20.4 Å². The number of hydrogen-bond acceptors (Lipinski definition) is 3. The van der Waals surface area contributed by atoms with Gasteiger partial charge in [-0.2, -0.15) is 5.10 Å². The molecule has 0 aromatic carbocycles. The molecule has 2 heterocycles. The molecule has 100 valence electrons. The molecule has 2 rings (SSSR count). The van der Waals surface area contributed by atoms with Crippen molar-refractivity contribution in [2.75, 3.05) is 20.1 Å². The van der Waals surface area contributed by atoms with Crippen LogP contribution in [0.2, 0.25) is 0 Å². The lowest BCUT2D eigenvalue weighted by Crippen LogP contribution is -2.48. The monoisotopic (exact) mass is 250 g/mol. The van der Waals surface area contributed by atoms with Crippen LogP contribution in [0.4, 0.5) is 0 Å². The molecule has 1 saturated heterocycles. The lowest BCUT2D eigenvalue weighted by Gasteiger charge is -2.35. The standard InChI is InChI=1S/C13H22N4O/c1-9-12(10(2)16-15-9)13(18)17-7-5-4-6-11(17)8-14-3/h11,14H,4-8H2,1-3H3,(H,15,16). The van der Waals surface area contributed by atoms with Gasteiger partial charge in [-0.05, 0) is 40.2 Å². The molecule has 1 aliphatic rings. The SMILES string of the molecule is CNCC1CCCCN1C(=O)c1c(C)n[nH]c1C. The van der Waals surface area contributed by atoms with Gasteiger partial charge in [-0.1, -0.05) is 0 Å². The van der Waals surface area contributed by atoms with Gasteiger partial charge in [0, 0.05) is 24.8 Å². The zero-order chi connectivity index (χ0) is 13.1. The van der Waals surface area contributed by atoms with Gasteiger partial charge in [0.1, 0.15) is 0 Å². The maximum absolute atomic E-state index is 12.6. The minimum absolute atomic E-state index is 0.124. The summed E-state index contributed by atoms with van der Waals surface area (Å²) in [7, 11) is 1.94. The number of likely N-dealkylation sites (N-methyl/N-ethyl adjacent to an activating group) is 1. The van der Waals surface area contributed by atoms with Gasteiger partial charge in [0.25, 0.3) is 5.91 Å². The van der Waals surface area contributed by atoms with E-state index in [1.54, 1.807) is 0 Å². The third kappa shape index (κ3) is 2.41. The van der Waals surface area contributed by atoms with Crippen LogP contribution in [0.5, 0.6) is 0 Å². The van der Waals surface area contributed by atoms with E-state index >= 15 is 0 Å². The zero-order valence-electron chi connectivity index (χ0n) is 11.4. The van der Waals surface area contributed by atoms with Crippen molar-refractivity contribution in [3.05, 3.63) is 17.0 Å². The Morgan fingerprint density at radius 2 is 2.28 bits per heavy atom. The number of aryl methyl sites for hydroxylation is 2. The van der Waals surface area contributed by atoms with Gasteiger partial charge in [0.2, 0.25) is 0 Å². The summed E-state index contributed by atoms with van der Waals surface area (Å²) in [5.41, 5.74) is 2.41. The minimum Gasteiger partial charge on any atom is -0.334 e. The van der Waals surface area contributed by atoms with E-state index in [0.29, 0.717) is 6.04 Å². The molecule has 0 bridgehead atoms. The first-order valence-corrected chi connectivity index (χ1v) is 6.62. The number of likely N-dealkylation sites (tertiary alicyclic amines) is 1. The Bertz CT molecular complexity index is 405. The summed E-state index contributed by atoms with van der Waals surface area (Å²) in [5.74, 6) is 0.124. The number of H-pyrrole nitrogens is 1. The number of rotatable bonds is 3. The van der Waals surface area contributed by atoms with Gasteiger partial charge in [-0.25, -0.2) is 0 Å².